The average Bonchev–Trinajstić information content (AvgIpc) is 2.64. The van der Waals surface area contributed by atoms with Crippen molar-refractivity contribution in [1.82, 2.24) is 0 Å². The van der Waals surface area contributed by atoms with Crippen LogP contribution in [-0.2, 0) is 12.8 Å². The fourth-order valence-corrected chi connectivity index (χ4v) is 3.75. The first-order valence-electron chi connectivity index (χ1n) is 9.61. The summed E-state index contributed by atoms with van der Waals surface area (Å²) in [6, 6.07) is 15.2. The third-order valence-corrected chi connectivity index (χ3v) is 5.61. The maximum absolute atomic E-state index is 9.98. The number of benzene rings is 3. The second kappa shape index (κ2) is 7.97. The standard InChI is InChI=1S/C25H28O3/c1-15-11-24(27)17(3)9-20(15)13-22(19-5-7-23(26)8-6-19)14-21-10-18(4)25(28)12-16(21)2/h5-12,22,26-28H,13-14H2,1-4H3. The summed E-state index contributed by atoms with van der Waals surface area (Å²) in [6.45, 7) is 7.89. The van der Waals surface area contributed by atoms with Crippen LogP contribution in [0.4, 0.5) is 0 Å². The van der Waals surface area contributed by atoms with Gasteiger partial charge in [-0.25, -0.2) is 0 Å². The molecule has 0 aliphatic rings. The molecule has 0 saturated carbocycles. The van der Waals surface area contributed by atoms with Crippen molar-refractivity contribution in [2.75, 3.05) is 0 Å². The van der Waals surface area contributed by atoms with Crippen LogP contribution < -0.4 is 0 Å². The summed E-state index contributed by atoms with van der Waals surface area (Å²) in [5, 5.41) is 29.7. The minimum absolute atomic E-state index is 0.214. The number of aromatic hydroxyl groups is 3. The van der Waals surface area contributed by atoms with Gasteiger partial charge in [-0.05, 0) is 110 Å². The molecule has 3 aromatic rings. The van der Waals surface area contributed by atoms with E-state index in [0.717, 1.165) is 40.7 Å². The zero-order valence-corrected chi connectivity index (χ0v) is 17.0. The Labute approximate surface area is 166 Å². The summed E-state index contributed by atoms with van der Waals surface area (Å²) in [4.78, 5) is 0. The van der Waals surface area contributed by atoms with Crippen molar-refractivity contribution in [3.05, 3.63) is 87.5 Å². The quantitative estimate of drug-likeness (QED) is 0.543. The van der Waals surface area contributed by atoms with Crippen LogP contribution in [0.15, 0.2) is 48.5 Å². The summed E-state index contributed by atoms with van der Waals surface area (Å²) in [5.41, 5.74) is 7.48. The summed E-state index contributed by atoms with van der Waals surface area (Å²) in [7, 11) is 0. The zero-order chi connectivity index (χ0) is 20.4. The third kappa shape index (κ3) is 4.30. The van der Waals surface area contributed by atoms with Gasteiger partial charge >= 0.3 is 0 Å². The molecule has 0 atom stereocenters. The third-order valence-electron chi connectivity index (χ3n) is 5.61. The van der Waals surface area contributed by atoms with Gasteiger partial charge in [0, 0.05) is 0 Å². The zero-order valence-electron chi connectivity index (χ0n) is 17.0. The highest BCUT2D eigenvalue weighted by atomic mass is 16.3. The first kappa shape index (κ1) is 19.8. The molecule has 0 heterocycles. The maximum Gasteiger partial charge on any atom is 0.118 e. The van der Waals surface area contributed by atoms with Gasteiger partial charge in [0.25, 0.3) is 0 Å². The lowest BCUT2D eigenvalue weighted by Gasteiger charge is -2.21. The molecule has 3 nitrogen and oxygen atoms in total. The monoisotopic (exact) mass is 376 g/mol. The van der Waals surface area contributed by atoms with E-state index in [1.165, 1.54) is 11.1 Å². The molecule has 0 aliphatic heterocycles. The first-order valence-corrected chi connectivity index (χ1v) is 9.61. The van der Waals surface area contributed by atoms with Crippen LogP contribution in [0, 0.1) is 27.7 Å². The van der Waals surface area contributed by atoms with E-state index in [2.05, 4.69) is 12.1 Å². The van der Waals surface area contributed by atoms with E-state index in [0.29, 0.717) is 11.5 Å². The van der Waals surface area contributed by atoms with Gasteiger partial charge in [0.1, 0.15) is 17.2 Å². The SMILES string of the molecule is Cc1cc(CC(Cc2cc(C)c(O)cc2C)c2ccc(O)cc2)c(C)cc1O. The minimum atomic E-state index is 0.214. The van der Waals surface area contributed by atoms with Gasteiger partial charge in [-0.1, -0.05) is 24.3 Å². The Bertz CT molecular complexity index is 928. The van der Waals surface area contributed by atoms with Crippen molar-refractivity contribution >= 4 is 0 Å². The van der Waals surface area contributed by atoms with Crippen LogP contribution in [0.2, 0.25) is 0 Å². The van der Waals surface area contributed by atoms with Crippen LogP contribution >= 0.6 is 0 Å². The molecule has 0 spiro atoms. The second-order valence-corrected chi connectivity index (χ2v) is 7.83. The number of hydrogen-bond acceptors (Lipinski definition) is 3. The fourth-order valence-electron chi connectivity index (χ4n) is 3.75. The highest BCUT2D eigenvalue weighted by Crippen LogP contribution is 2.32. The molecule has 28 heavy (non-hydrogen) atoms. The smallest absolute Gasteiger partial charge is 0.118 e. The maximum atomic E-state index is 9.98. The summed E-state index contributed by atoms with van der Waals surface area (Å²) in [6.07, 6.45) is 1.66. The lowest BCUT2D eigenvalue weighted by molar-refractivity contribution is 0.470. The van der Waals surface area contributed by atoms with Crippen LogP contribution in [0.3, 0.4) is 0 Å². The van der Waals surface area contributed by atoms with Gasteiger partial charge in [0.15, 0.2) is 0 Å². The minimum Gasteiger partial charge on any atom is -0.508 e. The van der Waals surface area contributed by atoms with Gasteiger partial charge in [-0.3, -0.25) is 0 Å². The normalized spacial score (nSPS) is 11.2. The number of phenolic OH excluding ortho intramolecular Hbond substituents is 3. The second-order valence-electron chi connectivity index (χ2n) is 7.83. The van der Waals surface area contributed by atoms with E-state index in [1.54, 1.807) is 12.1 Å². The molecule has 0 aliphatic carbocycles. The van der Waals surface area contributed by atoms with Gasteiger partial charge in [0.05, 0.1) is 0 Å². The van der Waals surface area contributed by atoms with E-state index in [-0.39, 0.29) is 11.7 Å². The van der Waals surface area contributed by atoms with Gasteiger partial charge < -0.3 is 15.3 Å². The topological polar surface area (TPSA) is 60.7 Å². The van der Waals surface area contributed by atoms with Crippen molar-refractivity contribution < 1.29 is 15.3 Å². The van der Waals surface area contributed by atoms with E-state index >= 15 is 0 Å². The molecule has 146 valence electrons. The summed E-state index contributed by atoms with van der Waals surface area (Å²) in [5.74, 6) is 1.13. The highest BCUT2D eigenvalue weighted by Gasteiger charge is 2.17. The molecule has 0 unspecified atom stereocenters. The molecule has 0 bridgehead atoms. The molecule has 3 N–H and O–H groups in total. The molecule has 0 aromatic heterocycles. The van der Waals surface area contributed by atoms with Crippen molar-refractivity contribution in [1.29, 1.82) is 0 Å². The van der Waals surface area contributed by atoms with Gasteiger partial charge in [-0.15, -0.1) is 0 Å². The molecule has 3 rings (SSSR count). The molecular formula is C25H28O3. The molecule has 0 fully saturated rings. The molecule has 0 amide bonds. The number of hydrogen-bond donors (Lipinski definition) is 3. The lowest BCUT2D eigenvalue weighted by atomic mass is 9.83. The van der Waals surface area contributed by atoms with E-state index in [1.807, 2.05) is 52.0 Å². The fraction of sp³-hybridized carbons (Fsp3) is 0.280. The van der Waals surface area contributed by atoms with Gasteiger partial charge in [-0.2, -0.15) is 0 Å². The summed E-state index contributed by atoms with van der Waals surface area (Å²) >= 11 is 0. The van der Waals surface area contributed by atoms with Crippen LogP contribution in [0.1, 0.15) is 44.9 Å². The number of phenols is 3. The van der Waals surface area contributed by atoms with Crippen molar-refractivity contribution in [2.24, 2.45) is 0 Å². The Balaban J connectivity index is 2.00. The predicted molar refractivity (Wildman–Crippen MR) is 113 cm³/mol. The Morgan fingerprint density at radius 2 is 1.04 bits per heavy atom. The van der Waals surface area contributed by atoms with E-state index in [4.69, 9.17) is 0 Å². The molecule has 0 radical (unpaired) electrons. The van der Waals surface area contributed by atoms with Crippen molar-refractivity contribution in [3.8, 4) is 17.2 Å². The van der Waals surface area contributed by atoms with Crippen LogP contribution in [0.25, 0.3) is 0 Å². The lowest BCUT2D eigenvalue weighted by Crippen LogP contribution is -2.09. The van der Waals surface area contributed by atoms with Crippen molar-refractivity contribution in [2.45, 2.75) is 46.5 Å². The van der Waals surface area contributed by atoms with Crippen LogP contribution in [0.5, 0.6) is 17.2 Å². The molecule has 3 aromatic carbocycles. The van der Waals surface area contributed by atoms with E-state index < -0.39 is 0 Å². The Morgan fingerprint density at radius 3 is 1.46 bits per heavy atom. The first-order chi connectivity index (χ1) is 13.2. The average molecular weight is 376 g/mol. The molecule has 3 heteroatoms. The largest absolute Gasteiger partial charge is 0.508 e. The number of aryl methyl sites for hydroxylation is 4. The van der Waals surface area contributed by atoms with Crippen molar-refractivity contribution in [3.63, 3.8) is 0 Å². The van der Waals surface area contributed by atoms with E-state index in [9.17, 15) is 15.3 Å². The Morgan fingerprint density at radius 1 is 0.607 bits per heavy atom. The summed E-state index contributed by atoms with van der Waals surface area (Å²) < 4.78 is 0. The molecule has 0 saturated heterocycles. The predicted octanol–water partition coefficient (Wildman–Crippen LogP) is 5.61. The Kier molecular flexibility index (Phi) is 5.64. The number of rotatable bonds is 5. The van der Waals surface area contributed by atoms with Crippen LogP contribution in [-0.4, -0.2) is 15.3 Å². The highest BCUT2D eigenvalue weighted by molar-refractivity contribution is 5.44. The molecular weight excluding hydrogens is 348 g/mol. The Hall–Kier alpha value is -2.94. The van der Waals surface area contributed by atoms with Gasteiger partial charge in [0.2, 0.25) is 0 Å².